The van der Waals surface area contributed by atoms with Gasteiger partial charge in [-0.05, 0) is 34.6 Å². The summed E-state index contributed by atoms with van der Waals surface area (Å²) >= 11 is 2.65. The highest BCUT2D eigenvalue weighted by molar-refractivity contribution is 8.02. The highest BCUT2D eigenvalue weighted by atomic mass is 32.2. The molecule has 0 unspecified atom stereocenters. The first kappa shape index (κ1) is 17.7. The van der Waals surface area contributed by atoms with Crippen molar-refractivity contribution in [1.29, 1.82) is 0 Å². The average Bonchev–Trinajstić information content (AvgIpc) is 2.74. The van der Waals surface area contributed by atoms with Gasteiger partial charge in [-0.15, -0.1) is 10.2 Å². The van der Waals surface area contributed by atoms with Crippen LogP contribution in [-0.2, 0) is 4.79 Å². The van der Waals surface area contributed by atoms with Crippen LogP contribution < -0.4 is 16.0 Å². The molecule has 1 atom stereocenters. The van der Waals surface area contributed by atoms with E-state index in [4.69, 9.17) is 0 Å². The third-order valence-electron chi connectivity index (χ3n) is 2.11. The number of urea groups is 1. The molecule has 0 aliphatic heterocycles. The first-order chi connectivity index (χ1) is 9.71. The molecule has 3 N–H and O–H groups in total. The van der Waals surface area contributed by atoms with Crippen molar-refractivity contribution in [2.24, 2.45) is 0 Å². The fraction of sp³-hybridized carbons (Fsp3) is 0.667. The monoisotopic (exact) mass is 331 g/mol. The fourth-order valence-electron chi connectivity index (χ4n) is 1.27. The van der Waals surface area contributed by atoms with E-state index in [1.54, 1.807) is 6.92 Å². The Hall–Kier alpha value is -1.35. The molecule has 0 saturated carbocycles. The average molecular weight is 331 g/mol. The number of anilines is 1. The van der Waals surface area contributed by atoms with Gasteiger partial charge in [-0.2, -0.15) is 0 Å². The van der Waals surface area contributed by atoms with Crippen molar-refractivity contribution in [2.75, 3.05) is 11.9 Å². The zero-order valence-corrected chi connectivity index (χ0v) is 14.4. The largest absolute Gasteiger partial charge is 0.360 e. The number of amides is 3. The van der Waals surface area contributed by atoms with E-state index >= 15 is 0 Å². The van der Waals surface area contributed by atoms with Crippen LogP contribution in [0.1, 0.15) is 34.6 Å². The lowest BCUT2D eigenvalue weighted by atomic mass is 10.1. The van der Waals surface area contributed by atoms with Crippen molar-refractivity contribution >= 4 is 40.2 Å². The van der Waals surface area contributed by atoms with Crippen molar-refractivity contribution < 1.29 is 9.59 Å². The summed E-state index contributed by atoms with van der Waals surface area (Å²) in [4.78, 5) is 23.6. The third kappa shape index (κ3) is 6.76. The first-order valence-corrected chi connectivity index (χ1v) is 8.28. The van der Waals surface area contributed by atoms with Crippen molar-refractivity contribution in [3.05, 3.63) is 0 Å². The molecule has 7 nitrogen and oxygen atoms in total. The van der Waals surface area contributed by atoms with E-state index in [1.807, 2.05) is 27.7 Å². The predicted molar refractivity (Wildman–Crippen MR) is 85.8 cm³/mol. The molecule has 0 aliphatic rings. The molecule has 0 spiro atoms. The van der Waals surface area contributed by atoms with Gasteiger partial charge >= 0.3 is 6.03 Å². The van der Waals surface area contributed by atoms with Gasteiger partial charge in [-0.1, -0.05) is 23.1 Å². The standard InChI is InChI=1S/C12H21N5O2S2/c1-6-13-10-16-17-11(21-10)20-7(2)8(18)14-9(19)15-12(3,4)5/h7H,6H2,1-5H3,(H,13,16)(H2,14,15,18,19)/t7-/m0/s1. The van der Waals surface area contributed by atoms with Gasteiger partial charge in [0.15, 0.2) is 4.34 Å². The number of thioether (sulfide) groups is 1. The van der Waals surface area contributed by atoms with E-state index in [2.05, 4.69) is 26.1 Å². The minimum atomic E-state index is -0.495. The Labute approximate surface area is 132 Å². The molecule has 0 aliphatic carbocycles. The number of aromatic nitrogens is 2. The van der Waals surface area contributed by atoms with E-state index in [1.165, 1.54) is 23.1 Å². The van der Waals surface area contributed by atoms with Crippen molar-refractivity contribution in [1.82, 2.24) is 20.8 Å². The number of carbonyl (C=O) groups excluding carboxylic acids is 2. The number of hydrogen-bond acceptors (Lipinski definition) is 7. The summed E-state index contributed by atoms with van der Waals surface area (Å²) in [5.41, 5.74) is -0.388. The quantitative estimate of drug-likeness (QED) is 0.715. The summed E-state index contributed by atoms with van der Waals surface area (Å²) < 4.78 is 0.685. The van der Waals surface area contributed by atoms with Crippen LogP contribution in [-0.4, -0.2) is 39.5 Å². The Morgan fingerprint density at radius 2 is 2.00 bits per heavy atom. The minimum absolute atomic E-state index is 0.359. The molecule has 0 fully saturated rings. The van der Waals surface area contributed by atoms with E-state index in [9.17, 15) is 9.59 Å². The topological polar surface area (TPSA) is 96.0 Å². The van der Waals surface area contributed by atoms with Gasteiger partial charge in [0, 0.05) is 12.1 Å². The number of nitrogens with one attached hydrogen (secondary N) is 3. The van der Waals surface area contributed by atoms with Crippen molar-refractivity contribution in [3.63, 3.8) is 0 Å². The van der Waals surface area contributed by atoms with Crippen LogP contribution in [0.2, 0.25) is 0 Å². The lowest BCUT2D eigenvalue weighted by molar-refractivity contribution is -0.119. The van der Waals surface area contributed by atoms with Gasteiger partial charge in [0.25, 0.3) is 0 Å². The lowest BCUT2D eigenvalue weighted by Crippen LogP contribution is -2.49. The number of nitrogens with zero attached hydrogens (tertiary/aromatic N) is 2. The Kier molecular flexibility index (Phi) is 6.41. The summed E-state index contributed by atoms with van der Waals surface area (Å²) in [6.07, 6.45) is 0. The summed E-state index contributed by atoms with van der Waals surface area (Å²) in [6, 6.07) is -0.495. The molecule has 1 rings (SSSR count). The number of carbonyl (C=O) groups is 2. The van der Waals surface area contributed by atoms with E-state index in [0.29, 0.717) is 4.34 Å². The molecule has 0 aromatic carbocycles. The maximum absolute atomic E-state index is 11.9. The van der Waals surface area contributed by atoms with Crippen molar-refractivity contribution in [3.8, 4) is 0 Å². The van der Waals surface area contributed by atoms with Crippen LogP contribution in [0.3, 0.4) is 0 Å². The molecular weight excluding hydrogens is 310 g/mol. The second-order valence-electron chi connectivity index (χ2n) is 5.36. The molecule has 9 heteroatoms. The highest BCUT2D eigenvalue weighted by Gasteiger charge is 2.21. The maximum atomic E-state index is 11.9. The maximum Gasteiger partial charge on any atom is 0.321 e. The van der Waals surface area contributed by atoms with Gasteiger partial charge in [0.05, 0.1) is 5.25 Å². The molecule has 118 valence electrons. The molecule has 1 aromatic rings. The molecule has 21 heavy (non-hydrogen) atoms. The van der Waals surface area contributed by atoms with E-state index < -0.39 is 11.3 Å². The molecule has 1 heterocycles. The van der Waals surface area contributed by atoms with Crippen LogP contribution in [0.25, 0.3) is 0 Å². The summed E-state index contributed by atoms with van der Waals surface area (Å²) in [5.74, 6) is -0.359. The van der Waals surface area contributed by atoms with E-state index in [-0.39, 0.29) is 11.4 Å². The Balaban J connectivity index is 2.48. The van der Waals surface area contributed by atoms with E-state index in [0.717, 1.165) is 11.7 Å². The zero-order valence-electron chi connectivity index (χ0n) is 12.8. The Morgan fingerprint density at radius 3 is 2.57 bits per heavy atom. The lowest BCUT2D eigenvalue weighted by Gasteiger charge is -2.20. The third-order valence-corrected chi connectivity index (χ3v) is 4.17. The van der Waals surface area contributed by atoms with Crippen LogP contribution in [0.15, 0.2) is 4.34 Å². The van der Waals surface area contributed by atoms with Gasteiger partial charge < -0.3 is 10.6 Å². The van der Waals surface area contributed by atoms with Gasteiger partial charge in [0.1, 0.15) is 0 Å². The SMILES string of the molecule is CCNc1nnc(S[C@@H](C)C(=O)NC(=O)NC(C)(C)C)s1. The van der Waals surface area contributed by atoms with Crippen LogP contribution in [0, 0.1) is 0 Å². The second-order valence-corrected chi connectivity index (χ2v) is 7.92. The second kappa shape index (κ2) is 7.60. The molecule has 0 saturated heterocycles. The number of hydrogen-bond donors (Lipinski definition) is 3. The fourth-order valence-corrected chi connectivity index (χ4v) is 3.23. The molecular formula is C12H21N5O2S2. The summed E-state index contributed by atoms with van der Waals surface area (Å²) in [5, 5.41) is 16.3. The molecule has 3 amide bonds. The highest BCUT2D eigenvalue weighted by Crippen LogP contribution is 2.28. The normalized spacial score (nSPS) is 12.6. The first-order valence-electron chi connectivity index (χ1n) is 6.58. The predicted octanol–water partition coefficient (Wildman–Crippen LogP) is 2.07. The summed E-state index contributed by atoms with van der Waals surface area (Å²) in [7, 11) is 0. The number of imide groups is 1. The molecule has 0 radical (unpaired) electrons. The summed E-state index contributed by atoms with van der Waals surface area (Å²) in [6.45, 7) is 10.00. The molecule has 1 aromatic heterocycles. The van der Waals surface area contributed by atoms with Gasteiger partial charge in [-0.25, -0.2) is 4.79 Å². The van der Waals surface area contributed by atoms with Crippen LogP contribution in [0.5, 0.6) is 0 Å². The van der Waals surface area contributed by atoms with Crippen LogP contribution in [0.4, 0.5) is 9.93 Å². The van der Waals surface area contributed by atoms with Crippen LogP contribution >= 0.6 is 23.1 Å². The smallest absolute Gasteiger partial charge is 0.321 e. The number of rotatable bonds is 5. The Bertz CT molecular complexity index is 498. The molecule has 0 bridgehead atoms. The minimum Gasteiger partial charge on any atom is -0.360 e. The zero-order chi connectivity index (χ0) is 16.0. The van der Waals surface area contributed by atoms with Crippen molar-refractivity contribution in [2.45, 2.75) is 49.7 Å². The van der Waals surface area contributed by atoms with Gasteiger partial charge in [-0.3, -0.25) is 10.1 Å². The Morgan fingerprint density at radius 1 is 1.33 bits per heavy atom. The van der Waals surface area contributed by atoms with Gasteiger partial charge in [0.2, 0.25) is 11.0 Å².